The zero-order valence-electron chi connectivity index (χ0n) is 15.2. The van der Waals surface area contributed by atoms with Crippen LogP contribution in [0.1, 0.15) is 19.4 Å². The summed E-state index contributed by atoms with van der Waals surface area (Å²) in [5, 5.41) is 11.6. The van der Waals surface area contributed by atoms with Crippen LogP contribution in [0.25, 0.3) is 0 Å². The number of para-hydroxylation sites is 1. The maximum Gasteiger partial charge on any atom is 0.262 e. The summed E-state index contributed by atoms with van der Waals surface area (Å²) in [7, 11) is -3.61. The van der Waals surface area contributed by atoms with E-state index in [2.05, 4.69) is 5.32 Å². The Labute approximate surface area is 159 Å². The van der Waals surface area contributed by atoms with Gasteiger partial charge in [0, 0.05) is 18.8 Å². The molecule has 1 amide bonds. The molecule has 0 atom stereocenters. The first-order valence-corrected chi connectivity index (χ1v) is 9.88. The maximum atomic E-state index is 12.6. The van der Waals surface area contributed by atoms with Gasteiger partial charge in [-0.05, 0) is 30.3 Å². The molecule has 0 spiro atoms. The summed E-state index contributed by atoms with van der Waals surface area (Å²) in [5.41, 5.74) is 0.683. The number of amides is 1. The molecular weight excluding hydrogens is 366 g/mol. The number of ether oxygens (including phenoxy) is 1. The van der Waals surface area contributed by atoms with Crippen molar-refractivity contribution >= 4 is 21.6 Å². The Morgan fingerprint density at radius 2 is 1.85 bits per heavy atom. The Morgan fingerprint density at radius 1 is 1.15 bits per heavy atom. The van der Waals surface area contributed by atoms with Crippen molar-refractivity contribution < 1.29 is 17.9 Å². The van der Waals surface area contributed by atoms with Gasteiger partial charge >= 0.3 is 0 Å². The third kappa shape index (κ3) is 5.06. The van der Waals surface area contributed by atoms with Crippen molar-refractivity contribution in [1.82, 2.24) is 4.31 Å². The van der Waals surface area contributed by atoms with E-state index in [1.54, 1.807) is 50.2 Å². The average Bonchev–Trinajstić information content (AvgIpc) is 2.67. The highest BCUT2D eigenvalue weighted by Gasteiger charge is 2.21. The third-order valence-electron chi connectivity index (χ3n) is 3.83. The minimum atomic E-state index is -3.61. The molecule has 0 fully saturated rings. The molecular formula is C19H21N3O4S. The summed E-state index contributed by atoms with van der Waals surface area (Å²) >= 11 is 0. The molecule has 0 radical (unpaired) electrons. The topological polar surface area (TPSA) is 99.5 Å². The lowest BCUT2D eigenvalue weighted by atomic mass is 10.2. The van der Waals surface area contributed by atoms with Crippen molar-refractivity contribution in [1.29, 1.82) is 5.26 Å². The van der Waals surface area contributed by atoms with Crippen LogP contribution in [0.2, 0.25) is 0 Å². The predicted molar refractivity (Wildman–Crippen MR) is 102 cm³/mol. The molecule has 0 aromatic heterocycles. The van der Waals surface area contributed by atoms with Gasteiger partial charge in [0.05, 0.1) is 10.5 Å². The summed E-state index contributed by atoms with van der Waals surface area (Å²) in [5.74, 6) is -0.145. The number of anilines is 1. The van der Waals surface area contributed by atoms with E-state index in [0.29, 0.717) is 30.1 Å². The molecule has 0 unspecified atom stereocenters. The van der Waals surface area contributed by atoms with Crippen LogP contribution >= 0.6 is 0 Å². The summed E-state index contributed by atoms with van der Waals surface area (Å²) in [6.45, 7) is 3.96. The van der Waals surface area contributed by atoms with Gasteiger partial charge in [0.25, 0.3) is 5.91 Å². The van der Waals surface area contributed by atoms with Gasteiger partial charge in [-0.1, -0.05) is 32.0 Å². The number of carbonyl (C=O) groups is 1. The second kappa shape index (κ2) is 9.16. The molecule has 0 saturated carbocycles. The van der Waals surface area contributed by atoms with E-state index in [1.807, 2.05) is 6.07 Å². The minimum absolute atomic E-state index is 0.111. The fraction of sp³-hybridized carbons (Fsp3) is 0.263. The van der Waals surface area contributed by atoms with Crippen LogP contribution in [0.3, 0.4) is 0 Å². The number of rotatable bonds is 8. The zero-order valence-corrected chi connectivity index (χ0v) is 16.0. The van der Waals surface area contributed by atoms with Crippen molar-refractivity contribution in [3.8, 4) is 11.8 Å². The lowest BCUT2D eigenvalue weighted by Crippen LogP contribution is -2.30. The van der Waals surface area contributed by atoms with Crippen molar-refractivity contribution in [3.63, 3.8) is 0 Å². The largest absolute Gasteiger partial charge is 0.482 e. The second-order valence-electron chi connectivity index (χ2n) is 5.56. The van der Waals surface area contributed by atoms with Crippen LogP contribution in [-0.2, 0) is 14.8 Å². The number of nitrogens with zero attached hydrogens (tertiary/aromatic N) is 2. The van der Waals surface area contributed by atoms with E-state index >= 15 is 0 Å². The molecule has 0 saturated heterocycles. The molecule has 0 aliphatic heterocycles. The molecule has 142 valence electrons. The van der Waals surface area contributed by atoms with Gasteiger partial charge in [0.1, 0.15) is 11.8 Å². The molecule has 0 aliphatic carbocycles. The Kier molecular flexibility index (Phi) is 6.93. The molecule has 2 aromatic carbocycles. The van der Waals surface area contributed by atoms with Crippen LogP contribution in [-0.4, -0.2) is 38.3 Å². The monoisotopic (exact) mass is 387 g/mol. The summed E-state index contributed by atoms with van der Waals surface area (Å²) in [4.78, 5) is 12.2. The lowest BCUT2D eigenvalue weighted by molar-refractivity contribution is -0.118. The van der Waals surface area contributed by atoms with Crippen LogP contribution in [0, 0.1) is 11.3 Å². The highest BCUT2D eigenvalue weighted by atomic mass is 32.2. The van der Waals surface area contributed by atoms with E-state index < -0.39 is 15.9 Å². The highest BCUT2D eigenvalue weighted by Crippen LogP contribution is 2.20. The second-order valence-corrected chi connectivity index (χ2v) is 7.50. The van der Waals surface area contributed by atoms with E-state index in [1.165, 1.54) is 16.4 Å². The van der Waals surface area contributed by atoms with E-state index in [9.17, 15) is 13.2 Å². The van der Waals surface area contributed by atoms with Gasteiger partial charge in [-0.25, -0.2) is 8.42 Å². The number of nitriles is 1. The summed E-state index contributed by atoms with van der Waals surface area (Å²) in [6, 6.07) is 14.7. The van der Waals surface area contributed by atoms with E-state index in [0.717, 1.165) is 0 Å². The van der Waals surface area contributed by atoms with E-state index in [4.69, 9.17) is 10.00 Å². The minimum Gasteiger partial charge on any atom is -0.482 e. The Hall–Kier alpha value is -2.89. The number of benzene rings is 2. The first-order chi connectivity index (χ1) is 12.9. The summed E-state index contributed by atoms with van der Waals surface area (Å²) in [6.07, 6.45) is 0. The molecule has 0 aliphatic rings. The Bertz CT molecular complexity index is 947. The number of hydrogen-bond acceptors (Lipinski definition) is 5. The normalized spacial score (nSPS) is 11.0. The molecule has 1 N–H and O–H groups in total. The van der Waals surface area contributed by atoms with Crippen molar-refractivity contribution in [2.45, 2.75) is 18.7 Å². The number of nitrogens with one attached hydrogen (secondary N) is 1. The van der Waals surface area contributed by atoms with Crippen molar-refractivity contribution in [3.05, 3.63) is 54.1 Å². The Balaban J connectivity index is 2.08. The van der Waals surface area contributed by atoms with E-state index in [-0.39, 0.29) is 11.5 Å². The van der Waals surface area contributed by atoms with Gasteiger partial charge in [-0.3, -0.25) is 4.79 Å². The fourth-order valence-electron chi connectivity index (χ4n) is 2.47. The molecule has 8 heteroatoms. The average molecular weight is 387 g/mol. The van der Waals surface area contributed by atoms with Gasteiger partial charge in [-0.2, -0.15) is 9.57 Å². The quantitative estimate of drug-likeness (QED) is 0.750. The van der Waals surface area contributed by atoms with Crippen LogP contribution in [0.5, 0.6) is 5.75 Å². The molecule has 2 rings (SSSR count). The standard InChI is InChI=1S/C19H21N3O4S/c1-3-22(4-2)27(24,25)17-10-7-9-16(12-17)21-19(23)14-26-18-11-6-5-8-15(18)13-20/h5-12H,3-4,14H2,1-2H3,(H,21,23). The number of sulfonamides is 1. The van der Waals surface area contributed by atoms with Crippen LogP contribution in [0.15, 0.2) is 53.4 Å². The zero-order chi connectivity index (χ0) is 19.9. The maximum absolute atomic E-state index is 12.6. The van der Waals surface area contributed by atoms with Crippen molar-refractivity contribution in [2.24, 2.45) is 0 Å². The van der Waals surface area contributed by atoms with Gasteiger partial charge in [0.15, 0.2) is 6.61 Å². The highest BCUT2D eigenvalue weighted by molar-refractivity contribution is 7.89. The van der Waals surface area contributed by atoms with Crippen molar-refractivity contribution in [2.75, 3.05) is 25.0 Å². The molecule has 0 bridgehead atoms. The van der Waals surface area contributed by atoms with Gasteiger partial charge in [0.2, 0.25) is 10.0 Å². The molecule has 7 nitrogen and oxygen atoms in total. The molecule has 2 aromatic rings. The predicted octanol–water partition coefficient (Wildman–Crippen LogP) is 2.61. The van der Waals surface area contributed by atoms with Crippen LogP contribution in [0.4, 0.5) is 5.69 Å². The first kappa shape index (κ1) is 20.4. The number of carbonyl (C=O) groups excluding carboxylic acids is 1. The SMILES string of the molecule is CCN(CC)S(=O)(=O)c1cccc(NC(=O)COc2ccccc2C#N)c1. The van der Waals surface area contributed by atoms with Gasteiger partial charge in [-0.15, -0.1) is 0 Å². The van der Waals surface area contributed by atoms with Crippen LogP contribution < -0.4 is 10.1 Å². The number of hydrogen-bond donors (Lipinski definition) is 1. The summed E-state index contributed by atoms with van der Waals surface area (Å²) < 4.78 is 31.9. The third-order valence-corrected chi connectivity index (χ3v) is 5.87. The lowest BCUT2D eigenvalue weighted by Gasteiger charge is -2.18. The Morgan fingerprint density at radius 3 is 2.52 bits per heavy atom. The fourth-order valence-corrected chi connectivity index (χ4v) is 3.98. The van der Waals surface area contributed by atoms with Gasteiger partial charge < -0.3 is 10.1 Å². The molecule has 27 heavy (non-hydrogen) atoms. The smallest absolute Gasteiger partial charge is 0.262 e. The first-order valence-electron chi connectivity index (χ1n) is 8.44. The molecule has 0 heterocycles.